The monoisotopic (exact) mass is 706 g/mol. The Morgan fingerprint density at radius 1 is 0.442 bits per heavy atom. The lowest BCUT2D eigenvalue weighted by Crippen LogP contribution is -2.41. The summed E-state index contributed by atoms with van der Waals surface area (Å²) >= 11 is 1.02. The average molecular weight is 707 g/mol. The summed E-state index contributed by atoms with van der Waals surface area (Å²) in [7, 11) is 0. The molecule has 0 amide bonds. The first kappa shape index (κ1) is 34.5. The highest BCUT2D eigenvalue weighted by atomic mass is 32.2. The van der Waals surface area contributed by atoms with Crippen molar-refractivity contribution in [2.75, 3.05) is 6.61 Å². The van der Waals surface area contributed by atoms with Gasteiger partial charge in [-0.25, -0.2) is 14.4 Å². The van der Waals surface area contributed by atoms with E-state index in [1.54, 1.807) is 36.4 Å². The van der Waals surface area contributed by atoms with Crippen LogP contribution < -0.4 is 0 Å². The Kier molecular flexibility index (Phi) is 10.6. The first-order valence-corrected chi connectivity index (χ1v) is 17.8. The molecule has 1 unspecified atom stereocenters. The van der Waals surface area contributed by atoms with Crippen LogP contribution in [0, 0.1) is 0 Å². The lowest BCUT2D eigenvalue weighted by Gasteiger charge is -2.24. The smallest absolute Gasteiger partial charge is 0.338 e. The highest BCUT2D eigenvalue weighted by Crippen LogP contribution is 2.38. The average Bonchev–Trinajstić information content (AvgIpc) is 3.50. The van der Waals surface area contributed by atoms with Gasteiger partial charge in [-0.3, -0.25) is 0 Å². The molecular formula is C44H34O7S. The van der Waals surface area contributed by atoms with Gasteiger partial charge >= 0.3 is 17.9 Å². The van der Waals surface area contributed by atoms with Crippen LogP contribution in [-0.2, 0) is 14.2 Å². The van der Waals surface area contributed by atoms with Gasteiger partial charge in [-0.1, -0.05) is 127 Å². The van der Waals surface area contributed by atoms with E-state index in [4.69, 9.17) is 14.2 Å². The van der Waals surface area contributed by atoms with Gasteiger partial charge in [-0.2, -0.15) is 0 Å². The molecule has 1 fully saturated rings. The van der Waals surface area contributed by atoms with Crippen LogP contribution in [0.1, 0.15) is 31.1 Å². The van der Waals surface area contributed by atoms with Crippen LogP contribution in [0.5, 0.6) is 0 Å². The maximum atomic E-state index is 13.5. The number of thioether (sulfide) groups is 1. The van der Waals surface area contributed by atoms with Crippen LogP contribution in [-0.4, -0.2) is 52.5 Å². The van der Waals surface area contributed by atoms with E-state index < -0.39 is 40.8 Å². The van der Waals surface area contributed by atoms with E-state index >= 15 is 0 Å². The molecule has 7 nitrogen and oxygen atoms in total. The van der Waals surface area contributed by atoms with Crippen LogP contribution in [0.4, 0.5) is 0 Å². The van der Waals surface area contributed by atoms with Gasteiger partial charge in [-0.05, 0) is 69.8 Å². The third kappa shape index (κ3) is 7.99. The molecule has 1 aliphatic heterocycles. The molecule has 0 spiro atoms. The molecule has 1 heterocycles. The first-order chi connectivity index (χ1) is 25.4. The van der Waals surface area contributed by atoms with E-state index in [1.165, 1.54) is 0 Å². The Bertz CT molecular complexity index is 2120. The molecule has 1 saturated heterocycles. The molecule has 6 aromatic carbocycles. The van der Waals surface area contributed by atoms with E-state index in [-0.39, 0.29) is 17.7 Å². The molecule has 258 valence electrons. The normalized spacial score (nSPS) is 17.9. The third-order valence-corrected chi connectivity index (χ3v) is 10.1. The van der Waals surface area contributed by atoms with Gasteiger partial charge in [0.2, 0.25) is 0 Å². The summed E-state index contributed by atoms with van der Waals surface area (Å²) in [4.78, 5) is 40.0. The second kappa shape index (κ2) is 15.9. The van der Waals surface area contributed by atoms with Crippen LogP contribution in [0.3, 0.4) is 0 Å². The van der Waals surface area contributed by atoms with Gasteiger partial charge < -0.3 is 19.3 Å². The molecule has 1 N–H and O–H groups in total. The second-order valence-electron chi connectivity index (χ2n) is 12.2. The zero-order chi connectivity index (χ0) is 35.9. The van der Waals surface area contributed by atoms with E-state index in [0.29, 0.717) is 5.56 Å². The zero-order valence-electron chi connectivity index (χ0n) is 27.9. The lowest BCUT2D eigenvalue weighted by atomic mass is 10.0. The molecule has 1 aliphatic rings. The number of esters is 3. The molecule has 6 aromatic rings. The number of rotatable bonds is 10. The van der Waals surface area contributed by atoms with Crippen molar-refractivity contribution in [1.29, 1.82) is 0 Å². The predicted octanol–water partition coefficient (Wildman–Crippen LogP) is 8.73. The van der Waals surface area contributed by atoms with Gasteiger partial charge in [0.05, 0.1) is 21.9 Å². The van der Waals surface area contributed by atoms with Crippen LogP contribution in [0.25, 0.3) is 33.4 Å². The fourth-order valence-electron chi connectivity index (χ4n) is 6.02. The van der Waals surface area contributed by atoms with Crippen LogP contribution in [0.15, 0.2) is 164 Å². The van der Waals surface area contributed by atoms with Gasteiger partial charge in [0.25, 0.3) is 0 Å². The number of benzene rings is 6. The van der Waals surface area contributed by atoms with Crippen molar-refractivity contribution in [1.82, 2.24) is 0 Å². The van der Waals surface area contributed by atoms with E-state index in [9.17, 15) is 19.5 Å². The molecule has 0 aliphatic carbocycles. The Hall–Kier alpha value is -5.96. The number of aliphatic hydroxyl groups excluding tert-OH is 1. The van der Waals surface area contributed by atoms with Crippen molar-refractivity contribution in [2.45, 2.75) is 22.9 Å². The highest BCUT2D eigenvalue weighted by Gasteiger charge is 2.49. The summed E-state index contributed by atoms with van der Waals surface area (Å²) in [6, 6.07) is 50.3. The SMILES string of the molecule is O=C(OC[C@@H]1SC(O)[C@@H](OC(=O)c2ccc(-c3ccccc3)cc2)[C@@H]1OC(=O)c1ccc(-c2ccccc2)cc1)c1ccc(-c2ccccc2)cc1. The van der Waals surface area contributed by atoms with E-state index in [0.717, 1.165) is 45.1 Å². The molecule has 0 radical (unpaired) electrons. The van der Waals surface area contributed by atoms with Crippen molar-refractivity contribution in [2.24, 2.45) is 0 Å². The number of carbonyl (C=O) groups excluding carboxylic acids is 3. The first-order valence-electron chi connectivity index (χ1n) is 16.8. The molecule has 0 bridgehead atoms. The summed E-state index contributed by atoms with van der Waals surface area (Å²) in [5, 5.41) is 10.4. The Balaban J connectivity index is 1.07. The molecule has 52 heavy (non-hydrogen) atoms. The molecule has 4 atom stereocenters. The van der Waals surface area contributed by atoms with Crippen molar-refractivity contribution in [3.63, 3.8) is 0 Å². The van der Waals surface area contributed by atoms with Crippen molar-refractivity contribution >= 4 is 29.7 Å². The minimum atomic E-state index is -1.25. The Morgan fingerprint density at radius 3 is 1.15 bits per heavy atom. The van der Waals surface area contributed by atoms with Crippen LogP contribution in [0.2, 0.25) is 0 Å². The number of hydrogen-bond donors (Lipinski definition) is 1. The quantitative estimate of drug-likeness (QED) is 0.112. The minimum absolute atomic E-state index is 0.203. The molecule has 8 heteroatoms. The minimum Gasteiger partial charge on any atom is -0.461 e. The lowest BCUT2D eigenvalue weighted by molar-refractivity contribution is -0.0557. The molecule has 0 aromatic heterocycles. The van der Waals surface area contributed by atoms with E-state index in [2.05, 4.69) is 0 Å². The third-order valence-electron chi connectivity index (χ3n) is 8.83. The topological polar surface area (TPSA) is 99.1 Å². The van der Waals surface area contributed by atoms with E-state index in [1.807, 2.05) is 127 Å². The van der Waals surface area contributed by atoms with Crippen molar-refractivity contribution < 1.29 is 33.7 Å². The molecular weight excluding hydrogens is 673 g/mol. The number of carbonyl (C=O) groups is 3. The number of aliphatic hydroxyl groups is 1. The Morgan fingerprint density at radius 2 is 0.769 bits per heavy atom. The van der Waals surface area contributed by atoms with Gasteiger partial charge in [0.1, 0.15) is 12.0 Å². The standard InChI is InChI=1S/C44H34O7S/c45-41(35-22-16-32(17-23-35)29-10-4-1-5-11-29)49-28-38-39(50-42(46)36-24-18-33(19-25-36)30-12-6-2-7-13-30)40(44(48)52-38)51-43(47)37-26-20-34(21-27-37)31-14-8-3-9-15-31/h1-27,38-40,44,48H,28H2/t38-,39+,40-,44?/m0/s1. The molecule has 0 saturated carbocycles. The summed E-state index contributed by atoms with van der Waals surface area (Å²) < 4.78 is 17.5. The van der Waals surface area contributed by atoms with Crippen LogP contribution >= 0.6 is 11.8 Å². The van der Waals surface area contributed by atoms with Crippen molar-refractivity contribution in [3.8, 4) is 33.4 Å². The molecule has 7 rings (SSSR count). The van der Waals surface area contributed by atoms with Gasteiger partial charge in [0.15, 0.2) is 12.2 Å². The summed E-state index contributed by atoms with van der Waals surface area (Å²) in [5.41, 5.74) is 5.47. The van der Waals surface area contributed by atoms with Gasteiger partial charge in [0, 0.05) is 0 Å². The fourth-order valence-corrected chi connectivity index (χ4v) is 7.26. The maximum absolute atomic E-state index is 13.5. The number of ether oxygens (including phenoxy) is 3. The summed E-state index contributed by atoms with van der Waals surface area (Å²) in [6.45, 7) is -0.203. The summed E-state index contributed by atoms with van der Waals surface area (Å²) in [5.74, 6) is -1.93. The fraction of sp³-hybridized carbons (Fsp3) is 0.114. The van der Waals surface area contributed by atoms with Gasteiger partial charge in [-0.15, -0.1) is 11.8 Å². The Labute approximate surface area is 305 Å². The highest BCUT2D eigenvalue weighted by molar-refractivity contribution is 8.00. The second-order valence-corrected chi connectivity index (χ2v) is 13.6. The summed E-state index contributed by atoms with van der Waals surface area (Å²) in [6.07, 6.45) is -2.35. The largest absolute Gasteiger partial charge is 0.461 e. The number of hydrogen-bond acceptors (Lipinski definition) is 8. The van der Waals surface area contributed by atoms with Crippen molar-refractivity contribution in [3.05, 3.63) is 180 Å². The predicted molar refractivity (Wildman–Crippen MR) is 202 cm³/mol. The zero-order valence-corrected chi connectivity index (χ0v) is 28.7. The maximum Gasteiger partial charge on any atom is 0.338 e.